The Labute approximate surface area is 103 Å². The van der Waals surface area contributed by atoms with Crippen LogP contribution in [0.2, 0.25) is 0 Å². The lowest BCUT2D eigenvalue weighted by Crippen LogP contribution is -2.23. The fourth-order valence-electron chi connectivity index (χ4n) is 2.23. The van der Waals surface area contributed by atoms with E-state index < -0.39 is 0 Å². The van der Waals surface area contributed by atoms with Crippen molar-refractivity contribution in [1.82, 2.24) is 10.2 Å². The third-order valence-electron chi connectivity index (χ3n) is 3.17. The molecule has 0 aliphatic carbocycles. The molecule has 2 aliphatic rings. The first kappa shape index (κ1) is 12.2. The molecule has 2 rings (SSSR count). The van der Waals surface area contributed by atoms with Crippen molar-refractivity contribution >= 4 is 16.9 Å². The molecule has 0 radical (unpaired) electrons. The number of rotatable bonds is 4. The average Bonchev–Trinajstić information content (AvgIpc) is 2.68. The second kappa shape index (κ2) is 7.17. The van der Waals surface area contributed by atoms with E-state index in [-0.39, 0.29) is 0 Å². The Hall–Kier alpha value is -0.220. The van der Waals surface area contributed by atoms with Crippen molar-refractivity contribution in [3.05, 3.63) is 0 Å². The van der Waals surface area contributed by atoms with E-state index >= 15 is 0 Å². The summed E-state index contributed by atoms with van der Waals surface area (Å²) >= 11 is 1.91. The zero-order chi connectivity index (χ0) is 11.1. The summed E-state index contributed by atoms with van der Waals surface area (Å²) in [6.45, 7) is 6.05. The molecule has 2 aliphatic heterocycles. The number of nitrogens with one attached hydrogen (secondary N) is 1. The average molecular weight is 241 g/mol. The summed E-state index contributed by atoms with van der Waals surface area (Å²) in [6.07, 6.45) is 6.61. The van der Waals surface area contributed by atoms with Gasteiger partial charge in [-0.25, -0.2) is 0 Å². The summed E-state index contributed by atoms with van der Waals surface area (Å²) in [5.74, 6) is 1.21. The number of nitrogens with zero attached hydrogens (tertiary/aromatic N) is 2. The Bertz CT molecular complexity index is 224. The normalized spacial score (nSPS) is 22.6. The first-order chi connectivity index (χ1) is 7.95. The Morgan fingerprint density at radius 2 is 2.06 bits per heavy atom. The Balaban J connectivity index is 1.54. The van der Waals surface area contributed by atoms with E-state index in [1.54, 1.807) is 0 Å². The van der Waals surface area contributed by atoms with Crippen molar-refractivity contribution in [2.24, 2.45) is 4.99 Å². The molecule has 0 spiro atoms. The van der Waals surface area contributed by atoms with Gasteiger partial charge in [-0.3, -0.25) is 4.99 Å². The molecule has 0 bridgehead atoms. The summed E-state index contributed by atoms with van der Waals surface area (Å²) in [6, 6.07) is 0. The number of amidine groups is 1. The minimum atomic E-state index is 1.02. The number of thioether (sulfide) groups is 1. The fourth-order valence-corrected chi connectivity index (χ4v) is 3.08. The topological polar surface area (TPSA) is 27.6 Å². The fraction of sp³-hybridized carbons (Fsp3) is 0.917. The summed E-state index contributed by atoms with van der Waals surface area (Å²) in [5.41, 5.74) is 0. The SMILES string of the molecule is C1CCNC(SCCCN2CCCC2)=NC1. The van der Waals surface area contributed by atoms with Crippen LogP contribution in [-0.2, 0) is 0 Å². The number of likely N-dealkylation sites (tertiary alicyclic amines) is 1. The molecule has 92 valence electrons. The zero-order valence-corrected chi connectivity index (χ0v) is 10.9. The summed E-state index contributed by atoms with van der Waals surface area (Å²) in [5, 5.41) is 4.59. The third-order valence-corrected chi connectivity index (χ3v) is 4.21. The summed E-state index contributed by atoms with van der Waals surface area (Å²) < 4.78 is 0. The highest BCUT2D eigenvalue weighted by Gasteiger charge is 2.10. The van der Waals surface area contributed by atoms with E-state index in [0.29, 0.717) is 0 Å². The van der Waals surface area contributed by atoms with Gasteiger partial charge in [0, 0.05) is 18.8 Å². The molecule has 0 aromatic rings. The molecule has 0 atom stereocenters. The second-order valence-electron chi connectivity index (χ2n) is 4.57. The Morgan fingerprint density at radius 3 is 2.94 bits per heavy atom. The summed E-state index contributed by atoms with van der Waals surface area (Å²) in [4.78, 5) is 7.13. The van der Waals surface area contributed by atoms with Crippen molar-refractivity contribution < 1.29 is 0 Å². The maximum Gasteiger partial charge on any atom is 0.156 e. The quantitative estimate of drug-likeness (QED) is 0.762. The van der Waals surface area contributed by atoms with Gasteiger partial charge in [-0.05, 0) is 51.7 Å². The molecule has 0 unspecified atom stereocenters. The highest BCUT2D eigenvalue weighted by atomic mass is 32.2. The van der Waals surface area contributed by atoms with Crippen LogP contribution in [-0.4, -0.2) is 48.5 Å². The van der Waals surface area contributed by atoms with Gasteiger partial charge in [0.1, 0.15) is 0 Å². The van der Waals surface area contributed by atoms with E-state index in [0.717, 1.165) is 13.1 Å². The monoisotopic (exact) mass is 241 g/mol. The van der Waals surface area contributed by atoms with Gasteiger partial charge in [-0.15, -0.1) is 0 Å². The predicted molar refractivity (Wildman–Crippen MR) is 72.3 cm³/mol. The van der Waals surface area contributed by atoms with Crippen LogP contribution in [0.5, 0.6) is 0 Å². The van der Waals surface area contributed by atoms with Crippen LogP contribution >= 0.6 is 11.8 Å². The Morgan fingerprint density at radius 1 is 1.19 bits per heavy atom. The highest BCUT2D eigenvalue weighted by molar-refractivity contribution is 8.13. The van der Waals surface area contributed by atoms with E-state index in [1.807, 2.05) is 11.8 Å². The number of aliphatic imine (C=N–C) groups is 1. The molecule has 0 aromatic carbocycles. The zero-order valence-electron chi connectivity index (χ0n) is 10.1. The molecule has 0 amide bonds. The molecule has 1 fully saturated rings. The van der Waals surface area contributed by atoms with Gasteiger partial charge in [0.05, 0.1) is 0 Å². The first-order valence-electron chi connectivity index (χ1n) is 6.58. The van der Waals surface area contributed by atoms with Crippen LogP contribution < -0.4 is 5.32 Å². The lowest BCUT2D eigenvalue weighted by Gasteiger charge is -2.14. The van der Waals surface area contributed by atoms with Gasteiger partial charge in [0.25, 0.3) is 0 Å². The van der Waals surface area contributed by atoms with Gasteiger partial charge in [0.15, 0.2) is 5.17 Å². The molecule has 4 heteroatoms. The van der Waals surface area contributed by atoms with Gasteiger partial charge < -0.3 is 10.2 Å². The van der Waals surface area contributed by atoms with Crippen LogP contribution in [0.25, 0.3) is 0 Å². The van der Waals surface area contributed by atoms with Crippen molar-refractivity contribution in [3.8, 4) is 0 Å². The number of hydrogen-bond acceptors (Lipinski definition) is 4. The third kappa shape index (κ3) is 4.34. The minimum absolute atomic E-state index is 1.02. The number of hydrogen-bond donors (Lipinski definition) is 1. The minimum Gasteiger partial charge on any atom is -0.365 e. The molecular formula is C12H23N3S. The lowest BCUT2D eigenvalue weighted by atomic mass is 10.3. The van der Waals surface area contributed by atoms with Crippen LogP contribution in [0.1, 0.15) is 32.1 Å². The lowest BCUT2D eigenvalue weighted by molar-refractivity contribution is 0.341. The van der Waals surface area contributed by atoms with Gasteiger partial charge >= 0.3 is 0 Å². The van der Waals surface area contributed by atoms with Crippen molar-refractivity contribution in [3.63, 3.8) is 0 Å². The van der Waals surface area contributed by atoms with Gasteiger partial charge in [-0.1, -0.05) is 11.8 Å². The smallest absolute Gasteiger partial charge is 0.156 e. The molecule has 0 saturated carbocycles. The summed E-state index contributed by atoms with van der Waals surface area (Å²) in [7, 11) is 0. The van der Waals surface area contributed by atoms with Crippen molar-refractivity contribution in [1.29, 1.82) is 0 Å². The molecule has 0 aromatic heterocycles. The van der Waals surface area contributed by atoms with Crippen molar-refractivity contribution in [2.45, 2.75) is 32.1 Å². The van der Waals surface area contributed by atoms with Crippen molar-refractivity contribution in [2.75, 3.05) is 38.5 Å². The molecule has 16 heavy (non-hydrogen) atoms. The highest BCUT2D eigenvalue weighted by Crippen LogP contribution is 2.11. The standard InChI is InChI=1S/C12H23N3S/c1-2-7-14-12(13-6-1)16-11-5-10-15-8-3-4-9-15/h1-11H2,(H,13,14). The molecular weight excluding hydrogens is 218 g/mol. The maximum atomic E-state index is 4.55. The van der Waals surface area contributed by atoms with E-state index in [4.69, 9.17) is 0 Å². The van der Waals surface area contributed by atoms with E-state index in [9.17, 15) is 0 Å². The second-order valence-corrected chi connectivity index (χ2v) is 5.66. The predicted octanol–water partition coefficient (Wildman–Crippen LogP) is 1.94. The van der Waals surface area contributed by atoms with Crippen LogP contribution in [0.3, 0.4) is 0 Å². The first-order valence-corrected chi connectivity index (χ1v) is 7.57. The van der Waals surface area contributed by atoms with E-state index in [2.05, 4.69) is 15.2 Å². The molecule has 1 N–H and O–H groups in total. The van der Waals surface area contributed by atoms with Gasteiger partial charge in [-0.2, -0.15) is 0 Å². The van der Waals surface area contributed by atoms with Gasteiger partial charge in [0.2, 0.25) is 0 Å². The molecule has 2 heterocycles. The Kier molecular flexibility index (Phi) is 5.49. The maximum absolute atomic E-state index is 4.55. The van der Waals surface area contributed by atoms with Crippen LogP contribution in [0.4, 0.5) is 0 Å². The van der Waals surface area contributed by atoms with Crippen LogP contribution in [0, 0.1) is 0 Å². The molecule has 1 saturated heterocycles. The van der Waals surface area contributed by atoms with E-state index in [1.165, 1.54) is 62.7 Å². The largest absolute Gasteiger partial charge is 0.365 e. The van der Waals surface area contributed by atoms with Crippen LogP contribution in [0.15, 0.2) is 4.99 Å². The molecule has 3 nitrogen and oxygen atoms in total.